The van der Waals surface area contributed by atoms with Crippen molar-refractivity contribution in [3.8, 4) is 0 Å². The lowest BCUT2D eigenvalue weighted by atomic mass is 10.2. The number of benzene rings is 2. The number of anilines is 3. The highest BCUT2D eigenvalue weighted by Gasteiger charge is 2.10. The zero-order valence-corrected chi connectivity index (χ0v) is 11.3. The topological polar surface area (TPSA) is 38.0 Å². The van der Waals surface area contributed by atoms with Crippen molar-refractivity contribution >= 4 is 44.6 Å². The van der Waals surface area contributed by atoms with Gasteiger partial charge in [0.1, 0.15) is 5.82 Å². The van der Waals surface area contributed by atoms with Crippen molar-refractivity contribution in [3.05, 3.63) is 51.5 Å². The molecule has 3 N–H and O–H groups in total. The van der Waals surface area contributed by atoms with Crippen LogP contribution in [0.4, 0.5) is 25.8 Å². The molecule has 0 aromatic heterocycles. The van der Waals surface area contributed by atoms with E-state index < -0.39 is 11.6 Å². The average molecular weight is 334 g/mol. The third-order valence-electron chi connectivity index (χ3n) is 2.32. The maximum absolute atomic E-state index is 13.3. The number of nitrogen functional groups attached to an aromatic ring is 1. The van der Waals surface area contributed by atoms with Crippen molar-refractivity contribution in [1.82, 2.24) is 0 Å². The Morgan fingerprint density at radius 3 is 2.61 bits per heavy atom. The Morgan fingerprint density at radius 1 is 1.17 bits per heavy atom. The van der Waals surface area contributed by atoms with Crippen molar-refractivity contribution < 1.29 is 8.78 Å². The Labute approximate surface area is 116 Å². The summed E-state index contributed by atoms with van der Waals surface area (Å²) in [4.78, 5) is 0. The quantitative estimate of drug-likeness (QED) is 0.781. The molecule has 18 heavy (non-hydrogen) atoms. The molecule has 2 rings (SSSR count). The summed E-state index contributed by atoms with van der Waals surface area (Å²) in [7, 11) is 0. The molecule has 0 saturated carbocycles. The van der Waals surface area contributed by atoms with Crippen LogP contribution in [-0.4, -0.2) is 0 Å². The van der Waals surface area contributed by atoms with E-state index in [2.05, 4.69) is 21.2 Å². The van der Waals surface area contributed by atoms with Gasteiger partial charge in [-0.05, 0) is 34.1 Å². The van der Waals surface area contributed by atoms with Gasteiger partial charge < -0.3 is 11.1 Å². The van der Waals surface area contributed by atoms with E-state index >= 15 is 0 Å². The van der Waals surface area contributed by atoms with E-state index in [0.29, 0.717) is 15.2 Å². The molecule has 0 unspecified atom stereocenters. The lowest BCUT2D eigenvalue weighted by Gasteiger charge is -2.12. The van der Waals surface area contributed by atoms with Crippen LogP contribution in [0.25, 0.3) is 0 Å². The Kier molecular flexibility index (Phi) is 3.73. The second-order valence-corrected chi connectivity index (χ2v) is 4.78. The summed E-state index contributed by atoms with van der Waals surface area (Å²) >= 11 is 9.19. The summed E-state index contributed by atoms with van der Waals surface area (Å²) in [6.07, 6.45) is 0. The highest BCUT2D eigenvalue weighted by molar-refractivity contribution is 9.10. The Morgan fingerprint density at radius 2 is 1.89 bits per heavy atom. The molecule has 0 saturated heterocycles. The van der Waals surface area contributed by atoms with Crippen molar-refractivity contribution in [3.63, 3.8) is 0 Å². The third-order valence-corrected chi connectivity index (χ3v) is 3.71. The van der Waals surface area contributed by atoms with Crippen molar-refractivity contribution in [2.24, 2.45) is 0 Å². The van der Waals surface area contributed by atoms with Crippen LogP contribution >= 0.6 is 27.5 Å². The smallest absolute Gasteiger partial charge is 0.151 e. The van der Waals surface area contributed by atoms with Crippen LogP contribution in [0.2, 0.25) is 5.02 Å². The average Bonchev–Trinajstić information content (AvgIpc) is 2.31. The first-order chi connectivity index (χ1) is 8.49. The van der Waals surface area contributed by atoms with Gasteiger partial charge in [0.2, 0.25) is 0 Å². The third kappa shape index (κ3) is 2.57. The monoisotopic (exact) mass is 332 g/mol. The Bertz CT molecular complexity index is 605. The van der Waals surface area contributed by atoms with Gasteiger partial charge >= 0.3 is 0 Å². The number of halogens is 4. The van der Waals surface area contributed by atoms with Crippen LogP contribution in [0.15, 0.2) is 34.8 Å². The summed E-state index contributed by atoms with van der Waals surface area (Å²) < 4.78 is 27.0. The van der Waals surface area contributed by atoms with E-state index in [-0.39, 0.29) is 11.4 Å². The minimum atomic E-state index is -0.810. The Balaban J connectivity index is 2.43. The molecule has 94 valence electrons. The molecule has 0 bridgehead atoms. The van der Waals surface area contributed by atoms with Crippen LogP contribution in [-0.2, 0) is 0 Å². The maximum atomic E-state index is 13.3. The molecule has 0 spiro atoms. The van der Waals surface area contributed by atoms with Gasteiger partial charge in [0.05, 0.1) is 26.6 Å². The number of rotatable bonds is 2. The van der Waals surface area contributed by atoms with Crippen molar-refractivity contribution in [1.29, 1.82) is 0 Å². The van der Waals surface area contributed by atoms with Gasteiger partial charge in [-0.2, -0.15) is 0 Å². The molecule has 2 aromatic rings. The molecule has 0 aliphatic carbocycles. The van der Waals surface area contributed by atoms with Crippen LogP contribution in [0.3, 0.4) is 0 Å². The first-order valence-electron chi connectivity index (χ1n) is 4.94. The molecule has 0 fully saturated rings. The normalized spacial score (nSPS) is 10.4. The van der Waals surface area contributed by atoms with E-state index in [4.69, 9.17) is 17.3 Å². The van der Waals surface area contributed by atoms with E-state index in [9.17, 15) is 8.78 Å². The van der Waals surface area contributed by atoms with Gasteiger partial charge in [-0.3, -0.25) is 0 Å². The minimum Gasteiger partial charge on any atom is -0.395 e. The number of hydrogen-bond donors (Lipinski definition) is 2. The SMILES string of the molecule is Nc1c(F)cc(F)cc1Nc1cccc(Cl)c1Br. The van der Waals surface area contributed by atoms with Crippen molar-refractivity contribution in [2.75, 3.05) is 11.1 Å². The van der Waals surface area contributed by atoms with E-state index in [1.807, 2.05) is 0 Å². The fourth-order valence-electron chi connectivity index (χ4n) is 1.43. The fraction of sp³-hybridized carbons (Fsp3) is 0. The zero-order chi connectivity index (χ0) is 13.3. The summed E-state index contributed by atoms with van der Waals surface area (Å²) in [6, 6.07) is 6.95. The lowest BCUT2D eigenvalue weighted by Crippen LogP contribution is -2.00. The van der Waals surface area contributed by atoms with Crippen LogP contribution < -0.4 is 11.1 Å². The zero-order valence-electron chi connectivity index (χ0n) is 8.98. The standard InChI is InChI=1S/C12H8BrClF2N2/c13-11-7(14)2-1-3-9(11)18-10-5-6(15)4-8(16)12(10)17/h1-5,18H,17H2. The molecule has 0 heterocycles. The van der Waals surface area contributed by atoms with Gasteiger partial charge in [0.25, 0.3) is 0 Å². The molecular formula is C12H8BrClF2N2. The molecule has 2 aromatic carbocycles. The highest BCUT2D eigenvalue weighted by atomic mass is 79.9. The van der Waals surface area contributed by atoms with Crippen molar-refractivity contribution in [2.45, 2.75) is 0 Å². The molecule has 0 amide bonds. The van der Waals surface area contributed by atoms with E-state index in [0.717, 1.165) is 12.1 Å². The van der Waals surface area contributed by atoms with Gasteiger partial charge in [-0.15, -0.1) is 0 Å². The number of nitrogens with two attached hydrogens (primary N) is 1. The predicted octanol–water partition coefficient (Wildman–Crippen LogP) is 4.71. The molecular weight excluding hydrogens is 325 g/mol. The molecule has 2 nitrogen and oxygen atoms in total. The van der Waals surface area contributed by atoms with Crippen LogP contribution in [0.5, 0.6) is 0 Å². The van der Waals surface area contributed by atoms with Gasteiger partial charge in [0, 0.05) is 6.07 Å². The summed E-state index contributed by atoms with van der Waals surface area (Å²) in [5, 5.41) is 3.31. The van der Waals surface area contributed by atoms with E-state index in [1.54, 1.807) is 18.2 Å². The molecule has 0 radical (unpaired) electrons. The maximum Gasteiger partial charge on any atom is 0.151 e. The highest BCUT2D eigenvalue weighted by Crippen LogP contribution is 2.34. The molecule has 0 aliphatic rings. The summed E-state index contributed by atoms with van der Waals surface area (Å²) in [5.74, 6) is -1.52. The lowest BCUT2D eigenvalue weighted by molar-refractivity contribution is 0.587. The number of hydrogen-bond acceptors (Lipinski definition) is 2. The first-order valence-corrected chi connectivity index (χ1v) is 6.11. The second-order valence-electron chi connectivity index (χ2n) is 3.58. The van der Waals surface area contributed by atoms with Crippen LogP contribution in [0.1, 0.15) is 0 Å². The molecule has 6 heteroatoms. The Hall–Kier alpha value is -1.33. The first kappa shape index (κ1) is 13.1. The van der Waals surface area contributed by atoms with Gasteiger partial charge in [-0.25, -0.2) is 8.78 Å². The fourth-order valence-corrected chi connectivity index (χ4v) is 1.97. The summed E-state index contributed by atoms with van der Waals surface area (Å²) in [6.45, 7) is 0. The molecule has 0 aliphatic heterocycles. The van der Waals surface area contributed by atoms with E-state index in [1.165, 1.54) is 0 Å². The largest absolute Gasteiger partial charge is 0.395 e. The van der Waals surface area contributed by atoms with Gasteiger partial charge in [-0.1, -0.05) is 17.7 Å². The minimum absolute atomic E-state index is 0.149. The van der Waals surface area contributed by atoms with Crippen LogP contribution in [0, 0.1) is 11.6 Å². The second kappa shape index (κ2) is 5.12. The van der Waals surface area contributed by atoms with Gasteiger partial charge in [0.15, 0.2) is 5.82 Å². The number of nitrogens with one attached hydrogen (secondary N) is 1. The molecule has 0 atom stereocenters. The predicted molar refractivity (Wildman–Crippen MR) is 73.2 cm³/mol. The summed E-state index contributed by atoms with van der Waals surface area (Å²) in [5.41, 5.74) is 6.10.